The predicted molar refractivity (Wildman–Crippen MR) is 79.3 cm³/mol. The third-order valence-electron chi connectivity index (χ3n) is 2.89. The van der Waals surface area contributed by atoms with E-state index in [4.69, 9.17) is 4.74 Å². The van der Waals surface area contributed by atoms with Crippen molar-refractivity contribution < 1.29 is 4.74 Å². The van der Waals surface area contributed by atoms with Crippen molar-refractivity contribution >= 4 is 11.8 Å². The molecule has 1 N–H and O–H groups in total. The first-order valence-electron chi connectivity index (χ1n) is 6.89. The van der Waals surface area contributed by atoms with Crippen LogP contribution >= 0.6 is 11.8 Å². The van der Waals surface area contributed by atoms with Crippen molar-refractivity contribution in [1.82, 2.24) is 15.3 Å². The highest BCUT2D eigenvalue weighted by molar-refractivity contribution is 7.99. The molecule has 1 saturated heterocycles. The first-order valence-corrected chi connectivity index (χ1v) is 8.05. The molecule has 0 radical (unpaired) electrons. The number of hydrogen-bond acceptors (Lipinski definition) is 5. The summed E-state index contributed by atoms with van der Waals surface area (Å²) in [5.41, 5.74) is 2.08. The normalized spacial score (nSPS) is 19.9. The number of ether oxygens (including phenoxy) is 1. The molecule has 4 nitrogen and oxygen atoms in total. The Labute approximate surface area is 119 Å². The highest BCUT2D eigenvalue weighted by Crippen LogP contribution is 2.24. The van der Waals surface area contributed by atoms with Gasteiger partial charge >= 0.3 is 0 Å². The largest absolute Gasteiger partial charge is 0.368 e. The number of aromatic nitrogens is 2. The topological polar surface area (TPSA) is 47.0 Å². The highest BCUT2D eigenvalue weighted by Gasteiger charge is 2.19. The van der Waals surface area contributed by atoms with E-state index < -0.39 is 0 Å². The molecule has 106 valence electrons. The van der Waals surface area contributed by atoms with Crippen LogP contribution in [0.5, 0.6) is 0 Å². The Morgan fingerprint density at radius 1 is 1.47 bits per heavy atom. The highest BCUT2D eigenvalue weighted by atomic mass is 32.2. The van der Waals surface area contributed by atoms with E-state index >= 15 is 0 Å². The van der Waals surface area contributed by atoms with Crippen LogP contribution < -0.4 is 5.32 Å². The Balaban J connectivity index is 2.01. The molecular formula is C14H23N3OS. The molecule has 0 aliphatic carbocycles. The molecule has 1 unspecified atom stereocenters. The van der Waals surface area contributed by atoms with Gasteiger partial charge in [0.15, 0.2) is 5.82 Å². The van der Waals surface area contributed by atoms with Gasteiger partial charge < -0.3 is 10.1 Å². The summed E-state index contributed by atoms with van der Waals surface area (Å²) in [5, 5.41) is 3.42. The minimum Gasteiger partial charge on any atom is -0.368 e. The van der Waals surface area contributed by atoms with E-state index in [-0.39, 0.29) is 6.10 Å². The monoisotopic (exact) mass is 281 g/mol. The van der Waals surface area contributed by atoms with Crippen molar-refractivity contribution in [3.8, 4) is 0 Å². The van der Waals surface area contributed by atoms with E-state index in [1.165, 1.54) is 0 Å². The lowest BCUT2D eigenvalue weighted by Crippen LogP contribution is -2.22. The molecular weight excluding hydrogens is 258 g/mol. The van der Waals surface area contributed by atoms with Gasteiger partial charge in [-0.15, -0.1) is 0 Å². The molecule has 0 bridgehead atoms. The SMILES string of the molecule is Cc1cc(CNCC(C)C)nc(C2CSCCO2)n1. The zero-order valence-corrected chi connectivity index (χ0v) is 12.8. The maximum atomic E-state index is 5.75. The Bertz CT molecular complexity index is 406. The van der Waals surface area contributed by atoms with Crippen LogP contribution in [-0.2, 0) is 11.3 Å². The summed E-state index contributed by atoms with van der Waals surface area (Å²) in [6.07, 6.45) is 0.0579. The van der Waals surface area contributed by atoms with E-state index in [0.29, 0.717) is 5.92 Å². The van der Waals surface area contributed by atoms with Gasteiger partial charge in [0.1, 0.15) is 6.10 Å². The van der Waals surface area contributed by atoms with Crippen molar-refractivity contribution in [2.24, 2.45) is 5.92 Å². The molecule has 1 aliphatic rings. The summed E-state index contributed by atoms with van der Waals surface area (Å²) in [6, 6.07) is 2.05. The molecule has 1 aliphatic heterocycles. The zero-order valence-electron chi connectivity index (χ0n) is 12.0. The van der Waals surface area contributed by atoms with Crippen molar-refractivity contribution in [3.05, 3.63) is 23.3 Å². The average Bonchev–Trinajstić information content (AvgIpc) is 2.39. The first kappa shape index (κ1) is 14.8. The van der Waals surface area contributed by atoms with Gasteiger partial charge in [0.05, 0.1) is 12.3 Å². The van der Waals surface area contributed by atoms with E-state index in [9.17, 15) is 0 Å². The van der Waals surface area contributed by atoms with Crippen LogP contribution in [0.4, 0.5) is 0 Å². The van der Waals surface area contributed by atoms with E-state index in [2.05, 4.69) is 29.1 Å². The van der Waals surface area contributed by atoms with Crippen LogP contribution in [0.2, 0.25) is 0 Å². The van der Waals surface area contributed by atoms with Gasteiger partial charge in [0, 0.05) is 23.7 Å². The standard InChI is InChI=1S/C14H23N3OS/c1-10(2)7-15-8-12-6-11(3)16-14(17-12)13-9-19-5-4-18-13/h6,10,13,15H,4-5,7-9H2,1-3H3. The molecule has 0 saturated carbocycles. The van der Waals surface area contributed by atoms with Gasteiger partial charge in [-0.25, -0.2) is 9.97 Å². The van der Waals surface area contributed by atoms with Gasteiger partial charge in [-0.05, 0) is 25.5 Å². The van der Waals surface area contributed by atoms with E-state index in [1.54, 1.807) is 0 Å². The Morgan fingerprint density at radius 2 is 2.32 bits per heavy atom. The third kappa shape index (κ3) is 4.75. The molecule has 0 amide bonds. The molecule has 1 atom stereocenters. The van der Waals surface area contributed by atoms with Gasteiger partial charge in [-0.1, -0.05) is 13.8 Å². The van der Waals surface area contributed by atoms with Crippen molar-refractivity contribution in [1.29, 1.82) is 0 Å². The number of nitrogens with one attached hydrogen (secondary N) is 1. The molecule has 1 aromatic heterocycles. The summed E-state index contributed by atoms with van der Waals surface area (Å²) >= 11 is 1.91. The second-order valence-corrected chi connectivity index (χ2v) is 6.47. The second-order valence-electron chi connectivity index (χ2n) is 5.32. The van der Waals surface area contributed by atoms with Gasteiger partial charge in [-0.2, -0.15) is 11.8 Å². The Kier molecular flexibility index (Phi) is 5.60. The van der Waals surface area contributed by atoms with Gasteiger partial charge in [0.2, 0.25) is 0 Å². The van der Waals surface area contributed by atoms with Gasteiger partial charge in [-0.3, -0.25) is 0 Å². The predicted octanol–water partition coefficient (Wildman–Crippen LogP) is 2.34. The zero-order chi connectivity index (χ0) is 13.7. The number of thioether (sulfide) groups is 1. The fourth-order valence-electron chi connectivity index (χ4n) is 2.02. The third-order valence-corrected chi connectivity index (χ3v) is 3.88. The quantitative estimate of drug-likeness (QED) is 0.897. The Hall–Kier alpha value is -0.650. The van der Waals surface area contributed by atoms with Crippen LogP contribution in [0.1, 0.15) is 37.2 Å². The van der Waals surface area contributed by atoms with E-state index in [1.807, 2.05) is 24.8 Å². The fraction of sp³-hybridized carbons (Fsp3) is 0.714. The minimum absolute atomic E-state index is 0.0579. The molecule has 2 rings (SSSR count). The maximum Gasteiger partial charge on any atom is 0.158 e. The summed E-state index contributed by atoms with van der Waals surface area (Å²) in [4.78, 5) is 9.17. The van der Waals surface area contributed by atoms with Crippen molar-refractivity contribution in [2.75, 3.05) is 24.7 Å². The van der Waals surface area contributed by atoms with Crippen LogP contribution in [0.3, 0.4) is 0 Å². The molecule has 0 spiro atoms. The number of hydrogen-bond donors (Lipinski definition) is 1. The number of rotatable bonds is 5. The number of nitrogens with zero attached hydrogens (tertiary/aromatic N) is 2. The fourth-order valence-corrected chi connectivity index (χ4v) is 2.86. The molecule has 1 aromatic rings. The maximum absolute atomic E-state index is 5.75. The summed E-state index contributed by atoms with van der Waals surface area (Å²) < 4.78 is 5.75. The van der Waals surface area contributed by atoms with Crippen LogP contribution in [0.25, 0.3) is 0 Å². The summed E-state index contributed by atoms with van der Waals surface area (Å²) in [7, 11) is 0. The lowest BCUT2D eigenvalue weighted by atomic mass is 10.2. The molecule has 2 heterocycles. The van der Waals surface area contributed by atoms with Crippen molar-refractivity contribution in [3.63, 3.8) is 0 Å². The Morgan fingerprint density at radius 3 is 3.00 bits per heavy atom. The molecule has 1 fully saturated rings. The first-order chi connectivity index (χ1) is 9.15. The lowest BCUT2D eigenvalue weighted by molar-refractivity contribution is 0.0691. The van der Waals surface area contributed by atoms with Crippen molar-refractivity contribution in [2.45, 2.75) is 33.4 Å². The van der Waals surface area contributed by atoms with Crippen LogP contribution in [0.15, 0.2) is 6.07 Å². The van der Waals surface area contributed by atoms with Crippen LogP contribution in [0, 0.1) is 12.8 Å². The second kappa shape index (κ2) is 7.22. The molecule has 5 heteroatoms. The van der Waals surface area contributed by atoms with E-state index in [0.717, 1.165) is 48.4 Å². The van der Waals surface area contributed by atoms with Gasteiger partial charge in [0.25, 0.3) is 0 Å². The smallest absolute Gasteiger partial charge is 0.158 e. The van der Waals surface area contributed by atoms with Crippen LogP contribution in [-0.4, -0.2) is 34.6 Å². The summed E-state index contributed by atoms with van der Waals surface area (Å²) in [5.74, 6) is 3.53. The summed E-state index contributed by atoms with van der Waals surface area (Å²) in [6.45, 7) is 9.04. The lowest BCUT2D eigenvalue weighted by Gasteiger charge is -2.21. The minimum atomic E-state index is 0.0579. The number of aryl methyl sites for hydroxylation is 1. The average molecular weight is 281 g/mol. The molecule has 0 aromatic carbocycles. The molecule has 19 heavy (non-hydrogen) atoms.